The predicted molar refractivity (Wildman–Crippen MR) is 82.5 cm³/mol. The second kappa shape index (κ2) is 9.24. The van der Waals surface area contributed by atoms with Gasteiger partial charge in [0, 0.05) is 5.69 Å². The van der Waals surface area contributed by atoms with Crippen molar-refractivity contribution in [3.63, 3.8) is 0 Å². The Morgan fingerprint density at radius 3 is 2.26 bits per heavy atom. The van der Waals surface area contributed by atoms with Crippen LogP contribution in [0, 0.1) is 0 Å². The Balaban J connectivity index is 2.81. The lowest BCUT2D eigenvalue weighted by atomic mass is 10.1. The minimum atomic E-state index is -0.703. The quantitative estimate of drug-likeness (QED) is 0.461. The molecular formula is C16H19NO6. The van der Waals surface area contributed by atoms with Gasteiger partial charge in [0.2, 0.25) is 0 Å². The first-order chi connectivity index (χ1) is 11.0. The molecule has 0 unspecified atom stereocenters. The minimum absolute atomic E-state index is 0.0579. The molecule has 0 saturated heterocycles. The van der Waals surface area contributed by atoms with Crippen LogP contribution in [-0.4, -0.2) is 38.7 Å². The van der Waals surface area contributed by atoms with E-state index in [1.165, 1.54) is 14.2 Å². The second-order valence-corrected chi connectivity index (χ2v) is 4.38. The zero-order valence-corrected chi connectivity index (χ0v) is 13.3. The lowest BCUT2D eigenvalue weighted by Crippen LogP contribution is -2.15. The van der Waals surface area contributed by atoms with Crippen LogP contribution in [0.2, 0.25) is 0 Å². The number of esters is 3. The maximum Gasteiger partial charge on any atom is 0.354 e. The number of benzene rings is 1. The van der Waals surface area contributed by atoms with E-state index in [1.54, 1.807) is 31.2 Å². The number of carbonyl (C=O) groups is 3. The second-order valence-electron chi connectivity index (χ2n) is 4.38. The van der Waals surface area contributed by atoms with Crippen LogP contribution in [0.1, 0.15) is 12.5 Å². The molecule has 0 aliphatic carbocycles. The summed E-state index contributed by atoms with van der Waals surface area (Å²) in [6, 6.07) is 6.77. The lowest BCUT2D eigenvalue weighted by Gasteiger charge is -2.09. The van der Waals surface area contributed by atoms with Crippen LogP contribution in [0.3, 0.4) is 0 Å². The number of anilines is 1. The molecule has 0 heterocycles. The van der Waals surface area contributed by atoms with Gasteiger partial charge < -0.3 is 19.5 Å². The average molecular weight is 321 g/mol. The summed E-state index contributed by atoms with van der Waals surface area (Å²) in [5, 5.41) is 2.77. The van der Waals surface area contributed by atoms with Crippen LogP contribution in [0.4, 0.5) is 5.69 Å². The number of hydrogen-bond donors (Lipinski definition) is 1. The van der Waals surface area contributed by atoms with Crippen LogP contribution in [-0.2, 0) is 35.0 Å². The SMILES string of the molecule is CCOC(=O)Cc1ccc(N/C(=C/C(=O)OC)C(=O)OC)cc1. The van der Waals surface area contributed by atoms with Gasteiger partial charge in [-0.05, 0) is 24.6 Å². The Morgan fingerprint density at radius 2 is 1.74 bits per heavy atom. The van der Waals surface area contributed by atoms with Crippen LogP contribution in [0.5, 0.6) is 0 Å². The summed E-state index contributed by atoms with van der Waals surface area (Å²) in [5.74, 6) is -1.70. The summed E-state index contributed by atoms with van der Waals surface area (Å²) in [6.45, 7) is 2.08. The topological polar surface area (TPSA) is 90.9 Å². The predicted octanol–water partition coefficient (Wildman–Crippen LogP) is 1.43. The van der Waals surface area contributed by atoms with E-state index in [4.69, 9.17) is 4.74 Å². The molecule has 0 atom stereocenters. The van der Waals surface area contributed by atoms with Crippen molar-refractivity contribution in [3.05, 3.63) is 41.6 Å². The van der Waals surface area contributed by atoms with Crippen LogP contribution in [0.15, 0.2) is 36.0 Å². The summed E-state index contributed by atoms with van der Waals surface area (Å²) in [6.07, 6.45) is 1.16. The Labute approximate surface area is 134 Å². The van der Waals surface area contributed by atoms with Crippen molar-refractivity contribution in [1.82, 2.24) is 0 Å². The maximum atomic E-state index is 11.6. The van der Waals surface area contributed by atoms with E-state index in [-0.39, 0.29) is 18.1 Å². The van der Waals surface area contributed by atoms with Gasteiger partial charge in [-0.2, -0.15) is 0 Å². The zero-order chi connectivity index (χ0) is 17.2. The monoisotopic (exact) mass is 321 g/mol. The number of hydrogen-bond acceptors (Lipinski definition) is 7. The van der Waals surface area contributed by atoms with Crippen molar-refractivity contribution in [3.8, 4) is 0 Å². The summed E-state index contributed by atoms with van der Waals surface area (Å²) in [7, 11) is 2.41. The average Bonchev–Trinajstić information content (AvgIpc) is 2.55. The van der Waals surface area contributed by atoms with Crippen LogP contribution >= 0.6 is 0 Å². The lowest BCUT2D eigenvalue weighted by molar-refractivity contribution is -0.142. The molecule has 1 aromatic carbocycles. The normalized spacial score (nSPS) is 10.7. The largest absolute Gasteiger partial charge is 0.466 e. The fourth-order valence-electron chi connectivity index (χ4n) is 1.67. The highest BCUT2D eigenvalue weighted by molar-refractivity contribution is 5.98. The molecule has 7 nitrogen and oxygen atoms in total. The van der Waals surface area contributed by atoms with Gasteiger partial charge in [-0.15, -0.1) is 0 Å². The molecule has 0 aliphatic rings. The number of nitrogens with one attached hydrogen (secondary N) is 1. The number of methoxy groups -OCH3 is 2. The molecule has 1 aromatic rings. The third kappa shape index (κ3) is 6.21. The molecule has 0 bridgehead atoms. The summed E-state index contributed by atoms with van der Waals surface area (Å²) >= 11 is 0. The van der Waals surface area contributed by atoms with E-state index in [2.05, 4.69) is 14.8 Å². The molecule has 0 aliphatic heterocycles. The minimum Gasteiger partial charge on any atom is -0.466 e. The highest BCUT2D eigenvalue weighted by atomic mass is 16.5. The van der Waals surface area contributed by atoms with Crippen molar-refractivity contribution in [2.75, 3.05) is 26.1 Å². The Morgan fingerprint density at radius 1 is 1.09 bits per heavy atom. The molecule has 0 aromatic heterocycles. The first-order valence-electron chi connectivity index (χ1n) is 6.89. The third-order valence-electron chi connectivity index (χ3n) is 2.76. The van der Waals surface area contributed by atoms with Crippen molar-refractivity contribution in [2.24, 2.45) is 0 Å². The molecular weight excluding hydrogens is 302 g/mol. The molecule has 1 N–H and O–H groups in total. The standard InChI is InChI=1S/C16H19NO6/c1-4-23-15(19)9-11-5-7-12(8-6-11)17-13(16(20)22-3)10-14(18)21-2/h5-8,10,17H,4,9H2,1-3H3/b13-10+. The van der Waals surface area contributed by atoms with E-state index in [1.807, 2.05) is 0 Å². The molecule has 1 rings (SSSR count). The first kappa shape index (κ1) is 18.2. The van der Waals surface area contributed by atoms with Gasteiger partial charge in [-0.3, -0.25) is 4.79 Å². The molecule has 0 fully saturated rings. The fraction of sp³-hybridized carbons (Fsp3) is 0.312. The van der Waals surface area contributed by atoms with Gasteiger partial charge >= 0.3 is 17.9 Å². The van der Waals surface area contributed by atoms with Crippen LogP contribution in [0.25, 0.3) is 0 Å². The molecule has 7 heteroatoms. The van der Waals surface area contributed by atoms with Gasteiger partial charge in [0.1, 0.15) is 5.70 Å². The van der Waals surface area contributed by atoms with Gasteiger partial charge in [-0.1, -0.05) is 12.1 Å². The Kier molecular flexibility index (Phi) is 7.32. The molecule has 0 amide bonds. The number of carbonyl (C=O) groups excluding carboxylic acids is 3. The molecule has 124 valence electrons. The molecule has 0 spiro atoms. The number of rotatable bonds is 7. The fourth-order valence-corrected chi connectivity index (χ4v) is 1.67. The van der Waals surface area contributed by atoms with Gasteiger partial charge in [0.25, 0.3) is 0 Å². The molecule has 0 saturated carbocycles. The third-order valence-corrected chi connectivity index (χ3v) is 2.76. The Bertz CT molecular complexity index is 591. The van der Waals surface area contributed by atoms with Crippen molar-refractivity contribution >= 4 is 23.6 Å². The van der Waals surface area contributed by atoms with E-state index >= 15 is 0 Å². The van der Waals surface area contributed by atoms with Gasteiger partial charge in [0.05, 0.1) is 33.3 Å². The Hall–Kier alpha value is -2.83. The zero-order valence-electron chi connectivity index (χ0n) is 13.3. The van der Waals surface area contributed by atoms with E-state index in [9.17, 15) is 14.4 Å². The first-order valence-corrected chi connectivity index (χ1v) is 6.89. The molecule has 23 heavy (non-hydrogen) atoms. The summed E-state index contributed by atoms with van der Waals surface area (Å²) < 4.78 is 13.9. The van der Waals surface area contributed by atoms with E-state index in [0.29, 0.717) is 12.3 Å². The highest BCUT2D eigenvalue weighted by Gasteiger charge is 2.13. The van der Waals surface area contributed by atoms with Gasteiger partial charge in [0.15, 0.2) is 0 Å². The van der Waals surface area contributed by atoms with E-state index < -0.39 is 11.9 Å². The van der Waals surface area contributed by atoms with Crippen molar-refractivity contribution < 1.29 is 28.6 Å². The summed E-state index contributed by atoms with van der Waals surface area (Å²) in [4.78, 5) is 34.3. The summed E-state index contributed by atoms with van der Waals surface area (Å²) in [5.41, 5.74) is 1.27. The highest BCUT2D eigenvalue weighted by Crippen LogP contribution is 2.13. The smallest absolute Gasteiger partial charge is 0.354 e. The molecule has 0 radical (unpaired) electrons. The van der Waals surface area contributed by atoms with Crippen molar-refractivity contribution in [2.45, 2.75) is 13.3 Å². The van der Waals surface area contributed by atoms with E-state index in [0.717, 1.165) is 11.6 Å². The van der Waals surface area contributed by atoms with Gasteiger partial charge in [-0.25, -0.2) is 9.59 Å². The van der Waals surface area contributed by atoms with Crippen LogP contribution < -0.4 is 5.32 Å². The van der Waals surface area contributed by atoms with Crippen molar-refractivity contribution in [1.29, 1.82) is 0 Å². The number of ether oxygens (including phenoxy) is 3. The maximum absolute atomic E-state index is 11.6.